The lowest BCUT2D eigenvalue weighted by atomic mass is 10.1. The highest BCUT2D eigenvalue weighted by Crippen LogP contribution is 2.29. The molecule has 10 nitrogen and oxygen atoms in total. The Kier molecular flexibility index (Phi) is 7.14. The number of carbonyl (C=O) groups is 1. The molecule has 0 unspecified atom stereocenters. The van der Waals surface area contributed by atoms with Crippen molar-refractivity contribution in [2.75, 3.05) is 52.8 Å². The second-order valence-electron chi connectivity index (χ2n) is 7.01. The van der Waals surface area contributed by atoms with E-state index in [9.17, 15) is 14.9 Å². The number of nitrogens with one attached hydrogen (secondary N) is 1. The van der Waals surface area contributed by atoms with Gasteiger partial charge in [0.05, 0.1) is 38.0 Å². The van der Waals surface area contributed by atoms with E-state index in [2.05, 4.69) is 10.2 Å². The molecule has 0 aromatic heterocycles. The Labute approximate surface area is 180 Å². The van der Waals surface area contributed by atoms with Crippen LogP contribution in [0.15, 0.2) is 36.4 Å². The number of urea groups is 1. The lowest BCUT2D eigenvalue weighted by Gasteiger charge is -2.35. The van der Waals surface area contributed by atoms with Crippen molar-refractivity contribution in [1.29, 1.82) is 0 Å². The van der Waals surface area contributed by atoms with Crippen LogP contribution in [0.1, 0.15) is 5.56 Å². The summed E-state index contributed by atoms with van der Waals surface area (Å²) >= 11 is 0. The molecule has 0 saturated carbocycles. The number of benzene rings is 2. The fourth-order valence-corrected chi connectivity index (χ4v) is 3.45. The highest BCUT2D eigenvalue weighted by molar-refractivity contribution is 5.91. The lowest BCUT2D eigenvalue weighted by Crippen LogP contribution is -2.49. The maximum atomic E-state index is 12.7. The van der Waals surface area contributed by atoms with E-state index < -0.39 is 4.92 Å². The third kappa shape index (κ3) is 5.34. The van der Waals surface area contributed by atoms with Gasteiger partial charge in [-0.15, -0.1) is 0 Å². The number of amides is 2. The monoisotopic (exact) mass is 430 g/mol. The molecule has 2 aromatic rings. The molecule has 1 aliphatic rings. The normalized spacial score (nSPS) is 14.1. The summed E-state index contributed by atoms with van der Waals surface area (Å²) < 4.78 is 15.9. The maximum Gasteiger partial charge on any atom is 0.322 e. The minimum Gasteiger partial charge on any atom is -0.497 e. The van der Waals surface area contributed by atoms with Gasteiger partial charge in [-0.1, -0.05) is 0 Å². The molecule has 166 valence electrons. The summed E-state index contributed by atoms with van der Waals surface area (Å²) in [5.41, 5.74) is 1.31. The Morgan fingerprint density at radius 1 is 1.00 bits per heavy atom. The summed E-state index contributed by atoms with van der Waals surface area (Å²) in [6.45, 7) is 3.18. The third-order valence-corrected chi connectivity index (χ3v) is 5.18. The molecule has 10 heteroatoms. The quantitative estimate of drug-likeness (QED) is 0.532. The Morgan fingerprint density at radius 3 is 2.32 bits per heavy atom. The molecule has 31 heavy (non-hydrogen) atoms. The first kappa shape index (κ1) is 22.2. The van der Waals surface area contributed by atoms with E-state index in [1.54, 1.807) is 19.1 Å². The number of carbonyl (C=O) groups excluding carboxylic acids is 1. The Balaban J connectivity index is 1.59. The van der Waals surface area contributed by atoms with Gasteiger partial charge >= 0.3 is 6.03 Å². The molecule has 1 saturated heterocycles. The summed E-state index contributed by atoms with van der Waals surface area (Å²) in [5, 5.41) is 13.7. The fraction of sp³-hybridized carbons (Fsp3) is 0.381. The summed E-state index contributed by atoms with van der Waals surface area (Å²) in [6.07, 6.45) is 0. The average Bonchev–Trinajstić information content (AvgIpc) is 2.79. The van der Waals surface area contributed by atoms with Crippen molar-refractivity contribution in [2.24, 2.45) is 0 Å². The zero-order valence-electron chi connectivity index (χ0n) is 17.8. The van der Waals surface area contributed by atoms with E-state index in [-0.39, 0.29) is 17.5 Å². The SMILES string of the molecule is COc1ccc(OC)c(CN2CCN(C(=O)Nc3ccc([N+](=O)[O-])cc3OC)CC2)c1. The molecule has 0 aliphatic carbocycles. The molecule has 1 fully saturated rings. The van der Waals surface area contributed by atoms with Crippen molar-refractivity contribution < 1.29 is 23.9 Å². The van der Waals surface area contributed by atoms with Gasteiger partial charge in [-0.2, -0.15) is 0 Å². The minimum absolute atomic E-state index is 0.101. The van der Waals surface area contributed by atoms with Gasteiger partial charge in [-0.05, 0) is 24.3 Å². The molecule has 1 aliphatic heterocycles. The number of methoxy groups -OCH3 is 3. The van der Waals surface area contributed by atoms with Crippen molar-refractivity contribution in [3.05, 3.63) is 52.1 Å². The van der Waals surface area contributed by atoms with Gasteiger partial charge in [0.15, 0.2) is 0 Å². The van der Waals surface area contributed by atoms with Crippen LogP contribution < -0.4 is 19.5 Å². The summed E-state index contributed by atoms with van der Waals surface area (Å²) in [6, 6.07) is 9.52. The van der Waals surface area contributed by atoms with Crippen LogP contribution in [0.25, 0.3) is 0 Å². The van der Waals surface area contributed by atoms with Gasteiger partial charge in [0.2, 0.25) is 0 Å². The predicted molar refractivity (Wildman–Crippen MR) is 115 cm³/mol. The molecule has 1 N–H and O–H groups in total. The number of rotatable bonds is 7. The molecule has 0 atom stereocenters. The average molecular weight is 430 g/mol. The van der Waals surface area contributed by atoms with E-state index >= 15 is 0 Å². The van der Waals surface area contributed by atoms with Crippen LogP contribution in [0.3, 0.4) is 0 Å². The largest absolute Gasteiger partial charge is 0.497 e. The highest BCUT2D eigenvalue weighted by Gasteiger charge is 2.23. The number of piperazine rings is 1. The van der Waals surface area contributed by atoms with Gasteiger partial charge in [0.1, 0.15) is 17.2 Å². The van der Waals surface area contributed by atoms with Gasteiger partial charge in [-0.25, -0.2) is 4.79 Å². The highest BCUT2D eigenvalue weighted by atomic mass is 16.6. The summed E-state index contributed by atoms with van der Waals surface area (Å²) in [4.78, 5) is 27.0. The van der Waals surface area contributed by atoms with Gasteiger partial charge < -0.3 is 24.4 Å². The second kappa shape index (κ2) is 9.98. The van der Waals surface area contributed by atoms with E-state index in [1.807, 2.05) is 18.2 Å². The van der Waals surface area contributed by atoms with Crippen molar-refractivity contribution in [3.8, 4) is 17.2 Å². The first-order chi connectivity index (χ1) is 14.9. The van der Waals surface area contributed by atoms with Crippen LogP contribution in [0.2, 0.25) is 0 Å². The van der Waals surface area contributed by atoms with Gasteiger partial charge in [-0.3, -0.25) is 15.0 Å². The van der Waals surface area contributed by atoms with E-state index in [4.69, 9.17) is 14.2 Å². The first-order valence-electron chi connectivity index (χ1n) is 9.76. The van der Waals surface area contributed by atoms with Crippen molar-refractivity contribution in [2.45, 2.75) is 6.54 Å². The number of anilines is 1. The molecule has 0 radical (unpaired) electrons. The molecule has 2 amide bonds. The number of nitro benzene ring substituents is 1. The Hall–Kier alpha value is -3.53. The van der Waals surface area contributed by atoms with Crippen LogP contribution in [0.4, 0.5) is 16.2 Å². The van der Waals surface area contributed by atoms with Crippen LogP contribution in [-0.4, -0.2) is 68.3 Å². The smallest absolute Gasteiger partial charge is 0.322 e. The third-order valence-electron chi connectivity index (χ3n) is 5.18. The number of nitrogens with zero attached hydrogens (tertiary/aromatic N) is 3. The Morgan fingerprint density at radius 2 is 1.71 bits per heavy atom. The van der Waals surface area contributed by atoms with Crippen LogP contribution in [-0.2, 0) is 6.54 Å². The molecule has 0 spiro atoms. The maximum absolute atomic E-state index is 12.7. The van der Waals surface area contributed by atoms with Crippen molar-refractivity contribution >= 4 is 17.4 Å². The lowest BCUT2D eigenvalue weighted by molar-refractivity contribution is -0.384. The molecule has 3 rings (SSSR count). The molecular weight excluding hydrogens is 404 g/mol. The summed E-state index contributed by atoms with van der Waals surface area (Å²) in [7, 11) is 4.67. The predicted octanol–water partition coefficient (Wildman–Crippen LogP) is 2.97. The number of non-ortho nitro benzene ring substituents is 1. The number of hydrogen-bond donors (Lipinski definition) is 1. The zero-order valence-corrected chi connectivity index (χ0v) is 17.8. The van der Waals surface area contributed by atoms with E-state index in [0.717, 1.165) is 17.1 Å². The van der Waals surface area contributed by atoms with Crippen LogP contribution in [0, 0.1) is 10.1 Å². The summed E-state index contributed by atoms with van der Waals surface area (Å²) in [5.74, 6) is 1.81. The first-order valence-corrected chi connectivity index (χ1v) is 9.76. The van der Waals surface area contributed by atoms with Crippen LogP contribution >= 0.6 is 0 Å². The van der Waals surface area contributed by atoms with E-state index in [0.29, 0.717) is 38.4 Å². The van der Waals surface area contributed by atoms with E-state index in [1.165, 1.54) is 25.3 Å². The number of ether oxygens (including phenoxy) is 3. The fourth-order valence-electron chi connectivity index (χ4n) is 3.45. The van der Waals surface area contributed by atoms with Gasteiger partial charge in [0, 0.05) is 44.4 Å². The standard InChI is InChI=1S/C21H26N4O6/c1-29-17-5-7-19(30-2)15(12-17)14-23-8-10-24(11-9-23)21(26)22-18-6-4-16(25(27)28)13-20(18)31-3/h4-7,12-13H,8-11,14H2,1-3H3,(H,22,26). The zero-order chi connectivity index (χ0) is 22.4. The van der Waals surface area contributed by atoms with Crippen molar-refractivity contribution in [3.63, 3.8) is 0 Å². The topological polar surface area (TPSA) is 106 Å². The van der Waals surface area contributed by atoms with Gasteiger partial charge in [0.25, 0.3) is 5.69 Å². The molecule has 0 bridgehead atoms. The minimum atomic E-state index is -0.509. The molecular formula is C21H26N4O6. The molecule has 2 aromatic carbocycles. The van der Waals surface area contributed by atoms with Crippen LogP contribution in [0.5, 0.6) is 17.2 Å². The van der Waals surface area contributed by atoms with Crippen molar-refractivity contribution in [1.82, 2.24) is 9.80 Å². The second-order valence-corrected chi connectivity index (χ2v) is 7.01. The Bertz CT molecular complexity index is 943. The number of nitro groups is 1. The number of hydrogen-bond acceptors (Lipinski definition) is 7. The molecule has 1 heterocycles.